The van der Waals surface area contributed by atoms with Crippen LogP contribution in [0.25, 0.3) is 11.0 Å². The van der Waals surface area contributed by atoms with Crippen molar-refractivity contribution in [3.63, 3.8) is 0 Å². The van der Waals surface area contributed by atoms with Crippen molar-refractivity contribution >= 4 is 33.9 Å². The normalized spacial score (nSPS) is 13.1. The lowest BCUT2D eigenvalue weighted by Gasteiger charge is -2.09. The van der Waals surface area contributed by atoms with Crippen LogP contribution in [0.1, 0.15) is 27.8 Å². The van der Waals surface area contributed by atoms with Gasteiger partial charge in [-0.05, 0) is 49.1 Å². The number of nitrogens with two attached hydrogens (primary N) is 1. The van der Waals surface area contributed by atoms with E-state index in [1.165, 1.54) is 5.56 Å². The molecule has 1 aromatic carbocycles. The lowest BCUT2D eigenvalue weighted by Crippen LogP contribution is -2.11. The maximum Gasteiger partial charge on any atom is 0.134 e. The van der Waals surface area contributed by atoms with Crippen molar-refractivity contribution in [3.05, 3.63) is 56.4 Å². The van der Waals surface area contributed by atoms with Gasteiger partial charge in [0, 0.05) is 20.8 Å². The second-order valence-electron chi connectivity index (χ2n) is 4.68. The van der Waals surface area contributed by atoms with Crippen LogP contribution in [0.2, 0.25) is 5.02 Å². The molecule has 0 saturated carbocycles. The molecule has 0 saturated heterocycles. The Labute approximate surface area is 120 Å². The van der Waals surface area contributed by atoms with Crippen molar-refractivity contribution in [2.24, 2.45) is 5.73 Å². The molecule has 0 amide bonds. The van der Waals surface area contributed by atoms with Crippen LogP contribution in [0.15, 0.2) is 34.1 Å². The molecule has 0 aliphatic carbocycles. The minimum absolute atomic E-state index is 0.217. The first kappa shape index (κ1) is 12.7. The fourth-order valence-corrected chi connectivity index (χ4v) is 3.43. The molecule has 1 atom stereocenters. The zero-order chi connectivity index (χ0) is 13.6. The molecule has 0 fully saturated rings. The van der Waals surface area contributed by atoms with Gasteiger partial charge in [0.25, 0.3) is 0 Å². The van der Waals surface area contributed by atoms with Crippen LogP contribution in [0, 0.1) is 13.8 Å². The van der Waals surface area contributed by atoms with Gasteiger partial charge in [0.1, 0.15) is 11.3 Å². The SMILES string of the molecule is Cc1ccsc1C(N)c1oc2ccc(Cl)cc2c1C. The van der Waals surface area contributed by atoms with Gasteiger partial charge in [-0.15, -0.1) is 11.3 Å². The van der Waals surface area contributed by atoms with Crippen LogP contribution >= 0.6 is 22.9 Å². The Hall–Kier alpha value is -1.29. The van der Waals surface area contributed by atoms with E-state index in [4.69, 9.17) is 21.8 Å². The van der Waals surface area contributed by atoms with Gasteiger partial charge in [-0.2, -0.15) is 0 Å². The van der Waals surface area contributed by atoms with E-state index in [0.717, 1.165) is 27.2 Å². The average Bonchev–Trinajstić information content (AvgIpc) is 2.94. The molecule has 98 valence electrons. The Balaban J connectivity index is 2.15. The van der Waals surface area contributed by atoms with Gasteiger partial charge in [0.05, 0.1) is 6.04 Å². The average molecular weight is 292 g/mol. The molecule has 0 aliphatic heterocycles. The summed E-state index contributed by atoms with van der Waals surface area (Å²) in [6.07, 6.45) is 0. The fourth-order valence-electron chi connectivity index (χ4n) is 2.33. The maximum absolute atomic E-state index is 6.35. The highest BCUT2D eigenvalue weighted by Gasteiger charge is 2.21. The number of benzene rings is 1. The zero-order valence-electron chi connectivity index (χ0n) is 10.7. The van der Waals surface area contributed by atoms with Gasteiger partial charge >= 0.3 is 0 Å². The lowest BCUT2D eigenvalue weighted by atomic mass is 10.1. The molecule has 2 N–H and O–H groups in total. The summed E-state index contributed by atoms with van der Waals surface area (Å²) in [5, 5.41) is 3.80. The highest BCUT2D eigenvalue weighted by Crippen LogP contribution is 2.35. The van der Waals surface area contributed by atoms with Gasteiger partial charge in [0.15, 0.2) is 0 Å². The minimum Gasteiger partial charge on any atom is -0.459 e. The summed E-state index contributed by atoms with van der Waals surface area (Å²) in [5.41, 5.74) is 9.45. The molecule has 0 spiro atoms. The quantitative estimate of drug-likeness (QED) is 0.736. The predicted octanol–water partition coefficient (Wildman–Crippen LogP) is 4.81. The Kier molecular flexibility index (Phi) is 3.13. The molecule has 0 aliphatic rings. The molecule has 1 unspecified atom stereocenters. The first-order valence-corrected chi connectivity index (χ1v) is 7.32. The first-order chi connectivity index (χ1) is 9.08. The van der Waals surface area contributed by atoms with E-state index < -0.39 is 0 Å². The molecule has 0 bridgehead atoms. The van der Waals surface area contributed by atoms with Crippen LogP contribution < -0.4 is 5.73 Å². The topological polar surface area (TPSA) is 39.2 Å². The summed E-state index contributed by atoms with van der Waals surface area (Å²) in [4.78, 5) is 1.15. The summed E-state index contributed by atoms with van der Waals surface area (Å²) >= 11 is 7.70. The van der Waals surface area contributed by atoms with E-state index in [1.807, 2.05) is 25.1 Å². The minimum atomic E-state index is -0.217. The Morgan fingerprint density at radius 2 is 2.05 bits per heavy atom. The van der Waals surface area contributed by atoms with Crippen LogP contribution in [0.5, 0.6) is 0 Å². The Morgan fingerprint density at radius 3 is 2.74 bits per heavy atom. The van der Waals surface area contributed by atoms with Crippen molar-refractivity contribution in [2.45, 2.75) is 19.9 Å². The number of furan rings is 1. The molecule has 2 heterocycles. The van der Waals surface area contributed by atoms with Crippen molar-refractivity contribution in [3.8, 4) is 0 Å². The molecule has 2 aromatic heterocycles. The maximum atomic E-state index is 6.35. The van der Waals surface area contributed by atoms with Gasteiger partial charge < -0.3 is 10.2 Å². The fraction of sp³-hybridized carbons (Fsp3) is 0.200. The van der Waals surface area contributed by atoms with E-state index in [9.17, 15) is 0 Å². The van der Waals surface area contributed by atoms with Crippen molar-refractivity contribution < 1.29 is 4.42 Å². The number of hydrogen-bond donors (Lipinski definition) is 1. The monoisotopic (exact) mass is 291 g/mol. The molecule has 3 rings (SSSR count). The van der Waals surface area contributed by atoms with Crippen molar-refractivity contribution in [1.29, 1.82) is 0 Å². The molecule has 2 nitrogen and oxygen atoms in total. The van der Waals surface area contributed by atoms with E-state index >= 15 is 0 Å². The summed E-state index contributed by atoms with van der Waals surface area (Å²) in [6, 6.07) is 7.51. The first-order valence-electron chi connectivity index (χ1n) is 6.06. The smallest absolute Gasteiger partial charge is 0.134 e. The number of rotatable bonds is 2. The number of thiophene rings is 1. The predicted molar refractivity (Wildman–Crippen MR) is 81.0 cm³/mol. The molecule has 4 heteroatoms. The number of fused-ring (bicyclic) bond motifs is 1. The highest BCUT2D eigenvalue weighted by atomic mass is 35.5. The van der Waals surface area contributed by atoms with Crippen LogP contribution in [0.3, 0.4) is 0 Å². The zero-order valence-corrected chi connectivity index (χ0v) is 12.3. The number of halogens is 1. The number of hydrogen-bond acceptors (Lipinski definition) is 3. The largest absolute Gasteiger partial charge is 0.459 e. The molecular weight excluding hydrogens is 278 g/mol. The van der Waals surface area contributed by atoms with E-state index in [-0.39, 0.29) is 6.04 Å². The Morgan fingerprint density at radius 1 is 1.26 bits per heavy atom. The third-order valence-electron chi connectivity index (χ3n) is 3.40. The number of aryl methyl sites for hydroxylation is 2. The molecule has 3 aromatic rings. The molecular formula is C15H14ClNOS. The van der Waals surface area contributed by atoms with Gasteiger partial charge in [-0.3, -0.25) is 0 Å². The summed E-state index contributed by atoms with van der Waals surface area (Å²) in [7, 11) is 0. The van der Waals surface area contributed by atoms with Gasteiger partial charge in [-0.25, -0.2) is 0 Å². The summed E-state index contributed by atoms with van der Waals surface area (Å²) < 4.78 is 5.92. The van der Waals surface area contributed by atoms with Crippen LogP contribution in [0.4, 0.5) is 0 Å². The van der Waals surface area contributed by atoms with Crippen molar-refractivity contribution in [1.82, 2.24) is 0 Å². The molecule has 19 heavy (non-hydrogen) atoms. The highest BCUT2D eigenvalue weighted by molar-refractivity contribution is 7.10. The van der Waals surface area contributed by atoms with Crippen LogP contribution in [-0.2, 0) is 0 Å². The third-order valence-corrected chi connectivity index (χ3v) is 4.74. The lowest BCUT2D eigenvalue weighted by molar-refractivity contribution is 0.523. The summed E-state index contributed by atoms with van der Waals surface area (Å²) in [6.45, 7) is 4.10. The Bertz CT molecular complexity index is 744. The van der Waals surface area contributed by atoms with E-state index in [2.05, 4.69) is 18.4 Å². The van der Waals surface area contributed by atoms with Crippen LogP contribution in [-0.4, -0.2) is 0 Å². The third kappa shape index (κ3) is 2.08. The second kappa shape index (κ2) is 4.67. The van der Waals surface area contributed by atoms with E-state index in [0.29, 0.717) is 5.02 Å². The van der Waals surface area contributed by atoms with Gasteiger partial charge in [-0.1, -0.05) is 11.6 Å². The second-order valence-corrected chi connectivity index (χ2v) is 6.06. The van der Waals surface area contributed by atoms with Gasteiger partial charge in [0.2, 0.25) is 0 Å². The standard InChI is InChI=1S/C15H14ClNOS/c1-8-5-6-19-15(8)13(17)14-9(2)11-7-10(16)3-4-12(11)18-14/h3-7,13H,17H2,1-2H3. The van der Waals surface area contributed by atoms with E-state index in [1.54, 1.807) is 11.3 Å². The molecule has 0 radical (unpaired) electrons. The van der Waals surface area contributed by atoms with Crippen molar-refractivity contribution in [2.75, 3.05) is 0 Å². The summed E-state index contributed by atoms with van der Waals surface area (Å²) in [5.74, 6) is 0.822.